The van der Waals surface area contributed by atoms with Gasteiger partial charge >= 0.3 is 6.16 Å². The SMILES string of the molecule is C=C=C1[C@@H](C)C[C@H]2[C@@H]3CC=C4C=C(OC)CC[C@]4(C)[C@@]3(OC(=O)OC)CC[C@]12C. The highest BCUT2D eigenvalue weighted by atomic mass is 16.7. The number of rotatable bonds is 2. The maximum atomic E-state index is 12.5. The van der Waals surface area contributed by atoms with Crippen molar-refractivity contribution in [3.63, 3.8) is 0 Å². The molecule has 0 saturated heterocycles. The summed E-state index contributed by atoms with van der Waals surface area (Å²) in [7, 11) is 3.14. The van der Waals surface area contributed by atoms with Gasteiger partial charge in [-0.1, -0.05) is 33.4 Å². The first-order valence-electron chi connectivity index (χ1n) is 10.9. The van der Waals surface area contributed by atoms with Crippen molar-refractivity contribution in [2.75, 3.05) is 14.2 Å². The Bertz CT molecular complexity index is 832. The first kappa shape index (κ1) is 20.3. The van der Waals surface area contributed by atoms with Crippen LogP contribution >= 0.6 is 0 Å². The van der Waals surface area contributed by atoms with Crippen LogP contribution < -0.4 is 0 Å². The lowest BCUT2D eigenvalue weighted by atomic mass is 9.46. The molecule has 158 valence electrons. The summed E-state index contributed by atoms with van der Waals surface area (Å²) in [6.07, 6.45) is 9.58. The smallest absolute Gasteiger partial charge is 0.501 e. The van der Waals surface area contributed by atoms with E-state index in [0.717, 1.165) is 44.3 Å². The molecule has 0 aromatic heterocycles. The van der Waals surface area contributed by atoms with E-state index in [0.29, 0.717) is 11.8 Å². The fourth-order valence-electron chi connectivity index (χ4n) is 7.33. The number of hydrogen-bond donors (Lipinski definition) is 0. The fourth-order valence-corrected chi connectivity index (χ4v) is 7.33. The molecule has 0 aromatic rings. The first-order valence-corrected chi connectivity index (χ1v) is 10.9. The van der Waals surface area contributed by atoms with Crippen molar-refractivity contribution in [2.24, 2.45) is 28.6 Å². The lowest BCUT2D eigenvalue weighted by Crippen LogP contribution is -2.63. The summed E-state index contributed by atoms with van der Waals surface area (Å²) >= 11 is 0. The molecule has 4 aliphatic carbocycles. The van der Waals surface area contributed by atoms with E-state index in [-0.39, 0.29) is 16.7 Å². The molecule has 29 heavy (non-hydrogen) atoms. The quantitative estimate of drug-likeness (QED) is 0.426. The zero-order valence-corrected chi connectivity index (χ0v) is 18.5. The van der Waals surface area contributed by atoms with Gasteiger partial charge in [-0.2, -0.15) is 0 Å². The van der Waals surface area contributed by atoms with Crippen molar-refractivity contribution >= 4 is 6.16 Å². The molecule has 2 fully saturated rings. The van der Waals surface area contributed by atoms with E-state index in [1.165, 1.54) is 18.3 Å². The Morgan fingerprint density at radius 3 is 2.62 bits per heavy atom. The molecule has 0 aliphatic heterocycles. The Morgan fingerprint density at radius 2 is 1.97 bits per heavy atom. The number of ether oxygens (including phenoxy) is 3. The number of hydrogen-bond acceptors (Lipinski definition) is 4. The van der Waals surface area contributed by atoms with Crippen LogP contribution in [-0.4, -0.2) is 26.0 Å². The molecular weight excluding hydrogens is 364 g/mol. The van der Waals surface area contributed by atoms with Crippen molar-refractivity contribution in [3.05, 3.63) is 41.4 Å². The Labute approximate surface area is 174 Å². The summed E-state index contributed by atoms with van der Waals surface area (Å²) in [6, 6.07) is 0. The van der Waals surface area contributed by atoms with E-state index in [2.05, 4.69) is 45.2 Å². The third-order valence-corrected chi connectivity index (χ3v) is 8.87. The molecule has 0 heterocycles. The van der Waals surface area contributed by atoms with Crippen molar-refractivity contribution in [1.82, 2.24) is 0 Å². The summed E-state index contributed by atoms with van der Waals surface area (Å²) in [5, 5.41) is 0. The van der Waals surface area contributed by atoms with Gasteiger partial charge in [-0.05, 0) is 66.6 Å². The monoisotopic (exact) mass is 398 g/mol. The van der Waals surface area contributed by atoms with Gasteiger partial charge in [0.1, 0.15) is 5.60 Å². The molecule has 4 aliphatic rings. The van der Waals surface area contributed by atoms with Gasteiger partial charge in [0.25, 0.3) is 0 Å². The van der Waals surface area contributed by atoms with Gasteiger partial charge in [-0.3, -0.25) is 0 Å². The van der Waals surface area contributed by atoms with Crippen LogP contribution in [0.3, 0.4) is 0 Å². The lowest BCUT2D eigenvalue weighted by molar-refractivity contribution is -0.183. The number of carbonyl (C=O) groups excluding carboxylic acids is 1. The largest absolute Gasteiger partial charge is 0.508 e. The van der Waals surface area contributed by atoms with E-state index in [1.54, 1.807) is 7.11 Å². The Hall–Kier alpha value is -1.93. The highest BCUT2D eigenvalue weighted by Crippen LogP contribution is 2.69. The van der Waals surface area contributed by atoms with Crippen LogP contribution in [0.2, 0.25) is 0 Å². The molecule has 4 heteroatoms. The van der Waals surface area contributed by atoms with Crippen LogP contribution in [0.4, 0.5) is 4.79 Å². The van der Waals surface area contributed by atoms with Gasteiger partial charge < -0.3 is 14.2 Å². The molecule has 0 N–H and O–H groups in total. The molecular formula is C25H34O4. The van der Waals surface area contributed by atoms with E-state index >= 15 is 0 Å². The summed E-state index contributed by atoms with van der Waals surface area (Å²) in [5.41, 5.74) is 5.18. The van der Waals surface area contributed by atoms with Crippen LogP contribution in [0.5, 0.6) is 0 Å². The maximum Gasteiger partial charge on any atom is 0.508 e. The minimum absolute atomic E-state index is 0.0821. The van der Waals surface area contributed by atoms with Gasteiger partial charge in [-0.15, -0.1) is 5.73 Å². The second kappa shape index (κ2) is 6.80. The molecule has 0 unspecified atom stereocenters. The van der Waals surface area contributed by atoms with Gasteiger partial charge in [0.2, 0.25) is 0 Å². The minimum Gasteiger partial charge on any atom is -0.501 e. The van der Waals surface area contributed by atoms with Gasteiger partial charge in [0, 0.05) is 17.8 Å². The predicted molar refractivity (Wildman–Crippen MR) is 112 cm³/mol. The second-order valence-electron chi connectivity index (χ2n) is 9.85. The molecule has 0 bridgehead atoms. The zero-order chi connectivity index (χ0) is 21.0. The number of allylic oxidation sites excluding steroid dienone is 4. The predicted octanol–water partition coefficient (Wildman–Crippen LogP) is 5.95. The van der Waals surface area contributed by atoms with Crippen LogP contribution in [0.1, 0.15) is 59.3 Å². The molecule has 4 nitrogen and oxygen atoms in total. The van der Waals surface area contributed by atoms with Crippen molar-refractivity contribution in [3.8, 4) is 0 Å². The summed E-state index contributed by atoms with van der Waals surface area (Å²) in [6.45, 7) is 11.0. The second-order valence-corrected chi connectivity index (χ2v) is 9.85. The summed E-state index contributed by atoms with van der Waals surface area (Å²) < 4.78 is 16.9. The first-order chi connectivity index (χ1) is 13.8. The maximum absolute atomic E-state index is 12.5. The number of carbonyl (C=O) groups is 1. The van der Waals surface area contributed by atoms with Gasteiger partial charge in [0.05, 0.1) is 20.0 Å². The van der Waals surface area contributed by atoms with E-state index in [1.807, 2.05) is 0 Å². The average Bonchev–Trinajstić information content (AvgIpc) is 2.97. The van der Waals surface area contributed by atoms with Gasteiger partial charge in [-0.25, -0.2) is 4.79 Å². The Balaban J connectivity index is 1.85. The molecule has 6 atom stereocenters. The highest BCUT2D eigenvalue weighted by Gasteiger charge is 2.67. The van der Waals surface area contributed by atoms with Crippen molar-refractivity contribution in [1.29, 1.82) is 0 Å². The zero-order valence-electron chi connectivity index (χ0n) is 18.5. The van der Waals surface area contributed by atoms with Gasteiger partial charge in [0.15, 0.2) is 0 Å². The van der Waals surface area contributed by atoms with Crippen LogP contribution in [0.15, 0.2) is 41.4 Å². The van der Waals surface area contributed by atoms with E-state index in [9.17, 15) is 4.79 Å². The van der Waals surface area contributed by atoms with Crippen LogP contribution in [0, 0.1) is 28.6 Å². The average molecular weight is 399 g/mol. The fraction of sp³-hybridized carbons (Fsp3) is 0.680. The number of fused-ring (bicyclic) bond motifs is 5. The molecule has 2 saturated carbocycles. The summed E-state index contributed by atoms with van der Waals surface area (Å²) in [5.74, 6) is 2.19. The van der Waals surface area contributed by atoms with Crippen molar-refractivity contribution in [2.45, 2.75) is 64.9 Å². The minimum atomic E-state index is -0.562. The standard InChI is InChI=1S/C25H34O4/c1-7-19-16(2)14-21-20-9-8-17-15-18(27-5)10-11-24(17,4)25(20,29-22(26)28-6)13-12-23(19,21)3/h8,15-16,20-21H,1,9-14H2,2-6H3/t16-,20-,21-,23+,24-,25+/m0/s1. The molecule has 0 radical (unpaired) electrons. The van der Waals surface area contributed by atoms with Crippen LogP contribution in [-0.2, 0) is 14.2 Å². The number of methoxy groups -OCH3 is 2. The summed E-state index contributed by atoms with van der Waals surface area (Å²) in [4.78, 5) is 12.5. The third kappa shape index (κ3) is 2.61. The Kier molecular flexibility index (Phi) is 4.77. The molecule has 0 aromatic carbocycles. The van der Waals surface area contributed by atoms with Crippen LogP contribution in [0.25, 0.3) is 0 Å². The van der Waals surface area contributed by atoms with E-state index < -0.39 is 11.8 Å². The normalized spacial score (nSPS) is 43.1. The molecule has 4 rings (SSSR count). The third-order valence-electron chi connectivity index (χ3n) is 8.87. The Morgan fingerprint density at radius 1 is 1.21 bits per heavy atom. The topological polar surface area (TPSA) is 44.8 Å². The van der Waals surface area contributed by atoms with E-state index in [4.69, 9.17) is 14.2 Å². The lowest BCUT2D eigenvalue weighted by Gasteiger charge is -2.62. The highest BCUT2D eigenvalue weighted by molar-refractivity contribution is 5.61. The molecule has 0 amide bonds. The van der Waals surface area contributed by atoms with Crippen molar-refractivity contribution < 1.29 is 19.0 Å². The molecule has 0 spiro atoms.